The van der Waals surface area contributed by atoms with Gasteiger partial charge in [-0.05, 0) is 37.6 Å². The Kier molecular flexibility index (Phi) is 7.23. The van der Waals surface area contributed by atoms with Gasteiger partial charge in [-0.15, -0.1) is 11.3 Å². The van der Waals surface area contributed by atoms with E-state index in [4.69, 9.17) is 5.73 Å². The van der Waals surface area contributed by atoms with Crippen LogP contribution in [0.3, 0.4) is 0 Å². The number of anilines is 1. The number of aromatic nitrogens is 4. The van der Waals surface area contributed by atoms with E-state index in [0.717, 1.165) is 18.5 Å². The number of hydrogen-bond donors (Lipinski definition) is 2. The molecule has 0 saturated carbocycles. The zero-order valence-electron chi connectivity index (χ0n) is 16.4. The molecule has 1 amide bonds. The topological polar surface area (TPSA) is 116 Å². The molecule has 9 heteroatoms. The lowest BCUT2D eigenvalue weighted by molar-refractivity contribution is 0.101. The second kappa shape index (κ2) is 10.3. The number of nitrogens with two attached hydrogens (primary N) is 1. The molecule has 154 valence electrons. The maximum absolute atomic E-state index is 11.8. The molecule has 3 N–H and O–H groups in total. The third-order valence-corrected chi connectivity index (χ3v) is 5.34. The van der Waals surface area contributed by atoms with Gasteiger partial charge in [0.05, 0.1) is 15.9 Å². The van der Waals surface area contributed by atoms with E-state index in [1.807, 2.05) is 10.8 Å². The average Bonchev–Trinajstić information content (AvgIpc) is 3.40. The number of Topliss-reactive ketones (excluding diaryl/α,β-unsaturated/α-hetero) is 1. The molecule has 0 fully saturated rings. The number of carbonyl (C=O) groups excluding carboxylic acids is 2. The zero-order valence-corrected chi connectivity index (χ0v) is 17.2. The van der Waals surface area contributed by atoms with E-state index in [1.165, 1.54) is 18.3 Å². The van der Waals surface area contributed by atoms with Crippen LogP contribution in [0.25, 0.3) is 0 Å². The Morgan fingerprint density at radius 3 is 2.67 bits per heavy atom. The summed E-state index contributed by atoms with van der Waals surface area (Å²) in [6.45, 7) is 1.50. The van der Waals surface area contributed by atoms with E-state index in [0.29, 0.717) is 15.4 Å². The summed E-state index contributed by atoms with van der Waals surface area (Å²) < 4.78 is 1.84. The third-order valence-electron chi connectivity index (χ3n) is 4.24. The van der Waals surface area contributed by atoms with Crippen LogP contribution in [0.5, 0.6) is 0 Å². The highest BCUT2D eigenvalue weighted by atomic mass is 32.1. The number of hydrogen-bond acceptors (Lipinski definition) is 7. The van der Waals surface area contributed by atoms with Crippen LogP contribution in [0.2, 0.25) is 0 Å². The summed E-state index contributed by atoms with van der Waals surface area (Å²) in [5, 5.41) is 7.49. The summed E-state index contributed by atoms with van der Waals surface area (Å²) in [6.07, 6.45) is 14.4. The molecule has 4 rings (SSSR count). The number of thiophene rings is 1. The third kappa shape index (κ3) is 5.95. The summed E-state index contributed by atoms with van der Waals surface area (Å²) in [4.78, 5) is 31.3. The van der Waals surface area contributed by atoms with Gasteiger partial charge in [0.2, 0.25) is 0 Å². The number of pyridine rings is 1. The SMILES string of the molecule is CC(=O)c1ccc(NC(=O)c2ccncc2)s1.NC1=CCC(n2cncn2)C=CC1. The summed E-state index contributed by atoms with van der Waals surface area (Å²) >= 11 is 1.27. The molecule has 1 aliphatic carbocycles. The summed E-state index contributed by atoms with van der Waals surface area (Å²) in [6, 6.07) is 6.96. The molecule has 0 spiro atoms. The van der Waals surface area contributed by atoms with Crippen molar-refractivity contribution in [2.45, 2.75) is 25.8 Å². The van der Waals surface area contributed by atoms with E-state index in [9.17, 15) is 9.59 Å². The Hall–Kier alpha value is -3.59. The monoisotopic (exact) mass is 422 g/mol. The minimum absolute atomic E-state index is 0.000546. The van der Waals surface area contributed by atoms with Crippen LogP contribution in [-0.2, 0) is 0 Å². The van der Waals surface area contributed by atoms with Gasteiger partial charge in [-0.3, -0.25) is 14.6 Å². The van der Waals surface area contributed by atoms with E-state index < -0.39 is 0 Å². The van der Waals surface area contributed by atoms with E-state index in [2.05, 4.69) is 32.5 Å². The van der Waals surface area contributed by atoms with Gasteiger partial charge in [0, 0.05) is 30.1 Å². The van der Waals surface area contributed by atoms with Crippen molar-refractivity contribution < 1.29 is 9.59 Å². The largest absolute Gasteiger partial charge is 0.402 e. The number of nitrogens with zero attached hydrogens (tertiary/aromatic N) is 4. The molecular weight excluding hydrogens is 400 g/mol. The lowest BCUT2D eigenvalue weighted by Gasteiger charge is -2.08. The zero-order chi connectivity index (χ0) is 21.3. The van der Waals surface area contributed by atoms with E-state index in [1.54, 1.807) is 49.3 Å². The number of allylic oxidation sites excluding steroid dienone is 3. The van der Waals surface area contributed by atoms with E-state index >= 15 is 0 Å². The van der Waals surface area contributed by atoms with Crippen LogP contribution in [-0.4, -0.2) is 31.4 Å². The van der Waals surface area contributed by atoms with Gasteiger partial charge in [-0.25, -0.2) is 9.67 Å². The molecule has 1 unspecified atom stereocenters. The molecule has 1 aliphatic rings. The van der Waals surface area contributed by atoms with Crippen LogP contribution in [0.1, 0.15) is 45.8 Å². The average molecular weight is 423 g/mol. The van der Waals surface area contributed by atoms with Crippen molar-refractivity contribution in [3.05, 3.63) is 83.7 Å². The number of nitrogens with one attached hydrogen (secondary N) is 1. The van der Waals surface area contributed by atoms with Crippen molar-refractivity contribution in [3.8, 4) is 0 Å². The quantitative estimate of drug-likeness (QED) is 0.490. The fourth-order valence-electron chi connectivity index (χ4n) is 2.66. The second-order valence-corrected chi connectivity index (χ2v) is 7.58. The summed E-state index contributed by atoms with van der Waals surface area (Å²) in [5.41, 5.74) is 7.18. The first-order valence-corrected chi connectivity index (χ1v) is 10.1. The van der Waals surface area contributed by atoms with Crippen LogP contribution in [0.4, 0.5) is 5.00 Å². The molecule has 8 nitrogen and oxygen atoms in total. The Labute approximate surface area is 178 Å². The predicted octanol–water partition coefficient (Wildman–Crippen LogP) is 3.61. The van der Waals surface area contributed by atoms with E-state index in [-0.39, 0.29) is 17.7 Å². The minimum atomic E-state index is -0.204. The first-order valence-electron chi connectivity index (χ1n) is 9.30. The molecule has 0 bridgehead atoms. The number of rotatable bonds is 4. The molecule has 0 aliphatic heterocycles. The van der Waals surface area contributed by atoms with Crippen LogP contribution < -0.4 is 11.1 Å². The van der Waals surface area contributed by atoms with Crippen molar-refractivity contribution in [2.24, 2.45) is 5.73 Å². The number of amides is 1. The Morgan fingerprint density at radius 1 is 1.20 bits per heavy atom. The standard InChI is InChI=1S/C12H10N2O2S.C9H12N4/c1-8(15)10-2-3-11(17-10)14-12(16)9-4-6-13-7-5-9;10-8-2-1-3-9(5-4-8)13-7-11-6-12-13/h2-7H,1H3,(H,14,16);1,3-4,6-7,9H,2,5,10H2. The van der Waals surface area contributed by atoms with Gasteiger partial charge < -0.3 is 11.1 Å². The molecule has 0 saturated heterocycles. The molecular formula is C21H22N6O2S. The second-order valence-electron chi connectivity index (χ2n) is 6.50. The highest BCUT2D eigenvalue weighted by Crippen LogP contribution is 2.22. The van der Waals surface area contributed by atoms with Crippen molar-refractivity contribution in [2.75, 3.05) is 5.32 Å². The molecule has 1 atom stereocenters. The van der Waals surface area contributed by atoms with Crippen LogP contribution in [0, 0.1) is 0 Å². The first kappa shape index (κ1) is 21.1. The van der Waals surface area contributed by atoms with Crippen molar-refractivity contribution in [1.29, 1.82) is 0 Å². The van der Waals surface area contributed by atoms with Gasteiger partial charge in [-0.1, -0.05) is 18.2 Å². The van der Waals surface area contributed by atoms with Gasteiger partial charge in [0.15, 0.2) is 5.78 Å². The number of carbonyl (C=O) groups is 2. The van der Waals surface area contributed by atoms with Crippen molar-refractivity contribution >= 4 is 28.0 Å². The highest BCUT2D eigenvalue weighted by molar-refractivity contribution is 7.18. The summed E-state index contributed by atoms with van der Waals surface area (Å²) in [5.74, 6) is -0.205. The lowest BCUT2D eigenvalue weighted by atomic mass is 10.2. The van der Waals surface area contributed by atoms with Gasteiger partial charge >= 0.3 is 0 Å². The lowest BCUT2D eigenvalue weighted by Crippen LogP contribution is -2.10. The molecule has 0 aromatic carbocycles. The number of ketones is 1. The Balaban J connectivity index is 0.000000177. The Bertz CT molecular complexity index is 1040. The summed E-state index contributed by atoms with van der Waals surface area (Å²) in [7, 11) is 0. The van der Waals surface area contributed by atoms with Crippen LogP contribution >= 0.6 is 11.3 Å². The first-order chi connectivity index (χ1) is 14.5. The Morgan fingerprint density at radius 2 is 2.00 bits per heavy atom. The highest BCUT2D eigenvalue weighted by Gasteiger charge is 2.09. The van der Waals surface area contributed by atoms with Gasteiger partial charge in [-0.2, -0.15) is 5.10 Å². The fourth-order valence-corrected chi connectivity index (χ4v) is 3.46. The van der Waals surface area contributed by atoms with Gasteiger partial charge in [0.1, 0.15) is 12.7 Å². The predicted molar refractivity (Wildman–Crippen MR) is 116 cm³/mol. The molecule has 0 radical (unpaired) electrons. The molecule has 3 heterocycles. The smallest absolute Gasteiger partial charge is 0.256 e. The van der Waals surface area contributed by atoms with Crippen LogP contribution in [0.15, 0.2) is 73.2 Å². The fraction of sp³-hybridized carbons (Fsp3) is 0.190. The normalized spacial score (nSPS) is 15.4. The van der Waals surface area contributed by atoms with Crippen molar-refractivity contribution in [1.82, 2.24) is 19.7 Å². The minimum Gasteiger partial charge on any atom is -0.402 e. The van der Waals surface area contributed by atoms with Crippen molar-refractivity contribution in [3.63, 3.8) is 0 Å². The van der Waals surface area contributed by atoms with Gasteiger partial charge in [0.25, 0.3) is 5.91 Å². The maximum atomic E-state index is 11.8. The molecule has 30 heavy (non-hydrogen) atoms. The molecule has 3 aromatic rings. The maximum Gasteiger partial charge on any atom is 0.256 e. The molecule has 3 aromatic heterocycles.